The Labute approximate surface area is 81.2 Å². The second kappa shape index (κ2) is 5.21. The van der Waals surface area contributed by atoms with E-state index in [1.807, 2.05) is 13.0 Å². The molecule has 0 spiro atoms. The van der Waals surface area contributed by atoms with Crippen LogP contribution in [0.3, 0.4) is 0 Å². The van der Waals surface area contributed by atoms with Crippen molar-refractivity contribution in [1.82, 2.24) is 0 Å². The number of hydrogen-bond donors (Lipinski definition) is 0. The first-order valence-electron chi connectivity index (χ1n) is 5.37. The van der Waals surface area contributed by atoms with E-state index in [1.54, 1.807) is 0 Å². The topological polar surface area (TPSA) is 17.1 Å². The van der Waals surface area contributed by atoms with E-state index in [9.17, 15) is 4.79 Å². The SMILES string of the molecule is C=CC[C@H](C)C(=O)CC1CCCC1. The lowest BCUT2D eigenvalue weighted by Gasteiger charge is -2.11. The van der Waals surface area contributed by atoms with E-state index in [1.165, 1.54) is 25.7 Å². The predicted molar refractivity (Wildman–Crippen MR) is 55.6 cm³/mol. The average molecular weight is 180 g/mol. The molecule has 0 aromatic heterocycles. The maximum Gasteiger partial charge on any atom is 0.136 e. The molecule has 0 unspecified atom stereocenters. The number of Topliss-reactive ketones (excluding diaryl/α,β-unsaturated/α-hetero) is 1. The van der Waals surface area contributed by atoms with Crippen molar-refractivity contribution in [1.29, 1.82) is 0 Å². The summed E-state index contributed by atoms with van der Waals surface area (Å²) in [6, 6.07) is 0. The maximum absolute atomic E-state index is 11.6. The summed E-state index contributed by atoms with van der Waals surface area (Å²) in [7, 11) is 0. The highest BCUT2D eigenvalue weighted by atomic mass is 16.1. The Hall–Kier alpha value is -0.590. The zero-order valence-corrected chi connectivity index (χ0v) is 8.59. The van der Waals surface area contributed by atoms with Crippen molar-refractivity contribution in [3.63, 3.8) is 0 Å². The highest BCUT2D eigenvalue weighted by Gasteiger charge is 2.20. The van der Waals surface area contributed by atoms with Crippen molar-refractivity contribution in [2.45, 2.75) is 45.4 Å². The first-order valence-corrected chi connectivity index (χ1v) is 5.37. The Bertz CT molecular complexity index is 178. The summed E-state index contributed by atoms with van der Waals surface area (Å²) in [6.45, 7) is 5.68. The molecule has 1 atom stereocenters. The van der Waals surface area contributed by atoms with Gasteiger partial charge in [0.1, 0.15) is 5.78 Å². The van der Waals surface area contributed by atoms with Gasteiger partial charge in [-0.05, 0) is 12.3 Å². The van der Waals surface area contributed by atoms with Gasteiger partial charge in [-0.3, -0.25) is 4.79 Å². The molecule has 0 N–H and O–H groups in total. The molecule has 0 bridgehead atoms. The Balaban J connectivity index is 2.26. The quantitative estimate of drug-likeness (QED) is 0.593. The van der Waals surface area contributed by atoms with E-state index < -0.39 is 0 Å². The fourth-order valence-corrected chi connectivity index (χ4v) is 2.08. The third kappa shape index (κ3) is 3.33. The standard InChI is InChI=1S/C12H20O/c1-3-6-10(2)12(13)9-11-7-4-5-8-11/h3,10-11H,1,4-9H2,2H3/t10-/m0/s1. The van der Waals surface area contributed by atoms with Gasteiger partial charge < -0.3 is 0 Å². The number of carbonyl (C=O) groups is 1. The largest absolute Gasteiger partial charge is 0.299 e. The van der Waals surface area contributed by atoms with E-state index in [2.05, 4.69) is 6.58 Å². The smallest absolute Gasteiger partial charge is 0.136 e. The molecule has 0 aromatic rings. The van der Waals surface area contributed by atoms with Crippen LogP contribution in [-0.4, -0.2) is 5.78 Å². The van der Waals surface area contributed by atoms with Crippen molar-refractivity contribution in [3.8, 4) is 0 Å². The van der Waals surface area contributed by atoms with Crippen LogP contribution in [0.2, 0.25) is 0 Å². The molecule has 1 aliphatic carbocycles. The first-order chi connectivity index (χ1) is 6.24. The Kier molecular flexibility index (Phi) is 4.20. The summed E-state index contributed by atoms with van der Waals surface area (Å²) in [5, 5.41) is 0. The monoisotopic (exact) mass is 180 g/mol. The first kappa shape index (κ1) is 10.5. The highest BCUT2D eigenvalue weighted by Crippen LogP contribution is 2.28. The van der Waals surface area contributed by atoms with Crippen LogP contribution in [0.1, 0.15) is 45.4 Å². The molecule has 74 valence electrons. The second-order valence-electron chi connectivity index (χ2n) is 4.25. The van der Waals surface area contributed by atoms with Crippen molar-refractivity contribution in [2.75, 3.05) is 0 Å². The molecule has 1 fully saturated rings. The van der Waals surface area contributed by atoms with Gasteiger partial charge in [-0.15, -0.1) is 6.58 Å². The molecule has 0 aromatic carbocycles. The van der Waals surface area contributed by atoms with E-state index in [-0.39, 0.29) is 5.92 Å². The van der Waals surface area contributed by atoms with E-state index in [0.717, 1.165) is 12.8 Å². The minimum atomic E-state index is 0.193. The predicted octanol–water partition coefficient (Wildman–Crippen LogP) is 3.35. The van der Waals surface area contributed by atoms with E-state index >= 15 is 0 Å². The molecule has 13 heavy (non-hydrogen) atoms. The number of ketones is 1. The zero-order valence-electron chi connectivity index (χ0n) is 8.59. The van der Waals surface area contributed by atoms with Crippen LogP contribution in [0.25, 0.3) is 0 Å². The molecule has 1 rings (SSSR count). The Morgan fingerprint density at radius 2 is 2.15 bits per heavy atom. The lowest BCUT2D eigenvalue weighted by molar-refractivity contribution is -0.123. The van der Waals surface area contributed by atoms with Gasteiger partial charge in [0.2, 0.25) is 0 Å². The van der Waals surface area contributed by atoms with Crippen molar-refractivity contribution in [3.05, 3.63) is 12.7 Å². The molecular formula is C12H20O. The molecule has 1 saturated carbocycles. The fraction of sp³-hybridized carbons (Fsp3) is 0.750. The molecule has 0 radical (unpaired) electrons. The van der Waals surface area contributed by atoms with Crippen molar-refractivity contribution in [2.24, 2.45) is 11.8 Å². The minimum absolute atomic E-state index is 0.193. The molecule has 0 amide bonds. The lowest BCUT2D eigenvalue weighted by atomic mass is 9.93. The number of carbonyl (C=O) groups excluding carboxylic acids is 1. The third-order valence-electron chi connectivity index (χ3n) is 3.03. The van der Waals surface area contributed by atoms with Gasteiger partial charge in [-0.2, -0.15) is 0 Å². The van der Waals surface area contributed by atoms with Crippen LogP contribution in [0.15, 0.2) is 12.7 Å². The summed E-state index contributed by atoms with van der Waals surface area (Å²) in [4.78, 5) is 11.6. The molecule has 1 heteroatoms. The van der Waals surface area contributed by atoms with Gasteiger partial charge >= 0.3 is 0 Å². The van der Waals surface area contributed by atoms with E-state index in [4.69, 9.17) is 0 Å². The number of rotatable bonds is 5. The van der Waals surface area contributed by atoms with Gasteiger partial charge in [0, 0.05) is 12.3 Å². The minimum Gasteiger partial charge on any atom is -0.299 e. The molecule has 0 heterocycles. The average Bonchev–Trinajstić information content (AvgIpc) is 2.57. The summed E-state index contributed by atoms with van der Waals surface area (Å²) in [6.07, 6.45) is 8.69. The van der Waals surface area contributed by atoms with Gasteiger partial charge in [0.25, 0.3) is 0 Å². The van der Waals surface area contributed by atoms with Crippen LogP contribution in [0.4, 0.5) is 0 Å². The van der Waals surface area contributed by atoms with Gasteiger partial charge in [0.05, 0.1) is 0 Å². The molecule has 1 nitrogen and oxygen atoms in total. The molecule has 0 saturated heterocycles. The third-order valence-corrected chi connectivity index (χ3v) is 3.03. The normalized spacial score (nSPS) is 20.1. The van der Waals surface area contributed by atoms with Crippen molar-refractivity contribution < 1.29 is 4.79 Å². The summed E-state index contributed by atoms with van der Waals surface area (Å²) in [5.41, 5.74) is 0. The van der Waals surface area contributed by atoms with Crippen LogP contribution in [0.5, 0.6) is 0 Å². The molecular weight excluding hydrogens is 160 g/mol. The van der Waals surface area contributed by atoms with Gasteiger partial charge in [-0.25, -0.2) is 0 Å². The van der Waals surface area contributed by atoms with Crippen LogP contribution in [0, 0.1) is 11.8 Å². The van der Waals surface area contributed by atoms with Crippen LogP contribution < -0.4 is 0 Å². The Morgan fingerprint density at radius 3 is 2.69 bits per heavy atom. The number of allylic oxidation sites excluding steroid dienone is 1. The van der Waals surface area contributed by atoms with Crippen LogP contribution >= 0.6 is 0 Å². The Morgan fingerprint density at radius 1 is 1.54 bits per heavy atom. The fourth-order valence-electron chi connectivity index (χ4n) is 2.08. The van der Waals surface area contributed by atoms with Gasteiger partial charge in [-0.1, -0.05) is 38.7 Å². The molecule has 0 aliphatic heterocycles. The highest BCUT2D eigenvalue weighted by molar-refractivity contribution is 5.81. The summed E-state index contributed by atoms with van der Waals surface area (Å²) >= 11 is 0. The zero-order chi connectivity index (χ0) is 9.68. The van der Waals surface area contributed by atoms with Crippen molar-refractivity contribution >= 4 is 5.78 Å². The molecule has 1 aliphatic rings. The van der Waals surface area contributed by atoms with E-state index in [0.29, 0.717) is 11.7 Å². The second-order valence-corrected chi connectivity index (χ2v) is 4.25. The lowest BCUT2D eigenvalue weighted by Crippen LogP contribution is -2.13. The van der Waals surface area contributed by atoms with Gasteiger partial charge in [0.15, 0.2) is 0 Å². The summed E-state index contributed by atoms with van der Waals surface area (Å²) in [5.74, 6) is 1.32. The number of hydrogen-bond acceptors (Lipinski definition) is 1. The summed E-state index contributed by atoms with van der Waals surface area (Å²) < 4.78 is 0. The van der Waals surface area contributed by atoms with Crippen LogP contribution in [-0.2, 0) is 4.79 Å². The maximum atomic E-state index is 11.6.